The van der Waals surface area contributed by atoms with Crippen LogP contribution in [0.15, 0.2) is 6.33 Å². The standard InChI is InChI=1S/C13H19N5OS/c1-3-20-9-5-4-8(6-9)18-11-10(17-13(18)14)12(19-2)16-7-15-11/h7-9H,3-6H2,1-2H3,(H2,14,17). The molecule has 3 rings (SSSR count). The van der Waals surface area contributed by atoms with Gasteiger partial charge in [0.15, 0.2) is 11.2 Å². The van der Waals surface area contributed by atoms with Crippen LogP contribution in [0.4, 0.5) is 5.95 Å². The number of ether oxygens (including phenoxy) is 1. The minimum absolute atomic E-state index is 0.378. The lowest BCUT2D eigenvalue weighted by molar-refractivity contribution is 0.401. The zero-order valence-electron chi connectivity index (χ0n) is 11.7. The zero-order chi connectivity index (χ0) is 14.1. The summed E-state index contributed by atoms with van der Waals surface area (Å²) in [4.78, 5) is 12.8. The molecule has 108 valence electrons. The molecule has 2 aromatic rings. The summed E-state index contributed by atoms with van der Waals surface area (Å²) in [5.41, 5.74) is 7.53. The molecule has 7 heteroatoms. The second-order valence-corrected chi connectivity index (χ2v) is 6.52. The average molecular weight is 293 g/mol. The van der Waals surface area contributed by atoms with Crippen LogP contribution in [0.5, 0.6) is 5.88 Å². The molecule has 0 radical (unpaired) electrons. The molecule has 1 saturated carbocycles. The second-order valence-electron chi connectivity index (χ2n) is 4.94. The molecule has 0 aromatic carbocycles. The van der Waals surface area contributed by atoms with Crippen molar-refractivity contribution in [2.75, 3.05) is 18.6 Å². The van der Waals surface area contributed by atoms with Crippen LogP contribution in [-0.4, -0.2) is 37.6 Å². The number of hydrogen-bond donors (Lipinski definition) is 1. The lowest BCUT2D eigenvalue weighted by Gasteiger charge is -2.14. The third-order valence-corrected chi connectivity index (χ3v) is 5.02. The maximum absolute atomic E-state index is 6.10. The van der Waals surface area contributed by atoms with Gasteiger partial charge < -0.3 is 10.5 Å². The van der Waals surface area contributed by atoms with Gasteiger partial charge in [0, 0.05) is 11.3 Å². The molecule has 1 aliphatic carbocycles. The largest absolute Gasteiger partial charge is 0.479 e. The molecule has 0 aliphatic heterocycles. The molecule has 2 atom stereocenters. The van der Waals surface area contributed by atoms with Crippen molar-refractivity contribution in [1.82, 2.24) is 19.5 Å². The van der Waals surface area contributed by atoms with Crippen molar-refractivity contribution >= 4 is 28.9 Å². The van der Waals surface area contributed by atoms with E-state index in [9.17, 15) is 0 Å². The number of fused-ring (bicyclic) bond motifs is 1. The van der Waals surface area contributed by atoms with Gasteiger partial charge in [0.05, 0.1) is 7.11 Å². The average Bonchev–Trinajstić information content (AvgIpc) is 3.01. The van der Waals surface area contributed by atoms with Crippen LogP contribution in [0.25, 0.3) is 11.2 Å². The number of thioether (sulfide) groups is 1. The van der Waals surface area contributed by atoms with E-state index in [4.69, 9.17) is 10.5 Å². The van der Waals surface area contributed by atoms with Gasteiger partial charge in [0.1, 0.15) is 6.33 Å². The van der Waals surface area contributed by atoms with Gasteiger partial charge in [0.2, 0.25) is 11.8 Å². The highest BCUT2D eigenvalue weighted by molar-refractivity contribution is 7.99. The van der Waals surface area contributed by atoms with Crippen LogP contribution in [0.3, 0.4) is 0 Å². The molecule has 0 spiro atoms. The third-order valence-electron chi connectivity index (χ3n) is 3.79. The highest BCUT2D eigenvalue weighted by Crippen LogP contribution is 2.40. The SMILES string of the molecule is CCSC1CCC(n2c(N)nc3c(OC)ncnc32)C1. The minimum atomic E-state index is 0.378. The van der Waals surface area contributed by atoms with Crippen LogP contribution in [0, 0.1) is 0 Å². The monoisotopic (exact) mass is 293 g/mol. The van der Waals surface area contributed by atoms with Crippen molar-refractivity contribution in [3.8, 4) is 5.88 Å². The number of hydrogen-bond acceptors (Lipinski definition) is 6. The van der Waals surface area contributed by atoms with E-state index in [1.54, 1.807) is 7.11 Å². The van der Waals surface area contributed by atoms with Gasteiger partial charge in [-0.2, -0.15) is 16.7 Å². The van der Waals surface area contributed by atoms with Crippen LogP contribution >= 0.6 is 11.8 Å². The third kappa shape index (κ3) is 2.19. The molecule has 1 fully saturated rings. The molecule has 2 unspecified atom stereocenters. The van der Waals surface area contributed by atoms with Crippen LogP contribution in [0.2, 0.25) is 0 Å². The zero-order valence-corrected chi connectivity index (χ0v) is 12.6. The summed E-state index contributed by atoms with van der Waals surface area (Å²) in [5, 5.41) is 0.714. The molecule has 6 nitrogen and oxygen atoms in total. The minimum Gasteiger partial charge on any atom is -0.479 e. The van der Waals surface area contributed by atoms with E-state index in [-0.39, 0.29) is 0 Å². The highest BCUT2D eigenvalue weighted by atomic mass is 32.2. The van der Waals surface area contributed by atoms with E-state index in [1.165, 1.54) is 12.7 Å². The number of imidazole rings is 1. The maximum Gasteiger partial charge on any atom is 0.245 e. The Morgan fingerprint density at radius 2 is 2.30 bits per heavy atom. The molecule has 2 heterocycles. The molecule has 2 aromatic heterocycles. The Morgan fingerprint density at radius 3 is 3.05 bits per heavy atom. The summed E-state index contributed by atoms with van der Waals surface area (Å²) in [6.45, 7) is 2.21. The van der Waals surface area contributed by atoms with E-state index >= 15 is 0 Å². The summed E-state index contributed by atoms with van der Waals surface area (Å²) in [5.74, 6) is 2.15. The predicted molar refractivity (Wildman–Crippen MR) is 81.1 cm³/mol. The van der Waals surface area contributed by atoms with Crippen molar-refractivity contribution in [3.05, 3.63) is 6.33 Å². The lowest BCUT2D eigenvalue weighted by atomic mass is 10.2. The molecule has 0 saturated heterocycles. The smallest absolute Gasteiger partial charge is 0.245 e. The Morgan fingerprint density at radius 1 is 1.45 bits per heavy atom. The summed E-state index contributed by atoms with van der Waals surface area (Å²) < 4.78 is 7.28. The first-order valence-corrected chi connectivity index (χ1v) is 7.93. The first-order valence-electron chi connectivity index (χ1n) is 6.88. The summed E-state index contributed by atoms with van der Waals surface area (Å²) >= 11 is 2.03. The summed E-state index contributed by atoms with van der Waals surface area (Å²) in [7, 11) is 1.58. The lowest BCUT2D eigenvalue weighted by Crippen LogP contribution is -2.10. The van der Waals surface area contributed by atoms with E-state index in [2.05, 4.69) is 26.4 Å². The number of nitrogens with zero attached hydrogens (tertiary/aromatic N) is 4. The van der Waals surface area contributed by atoms with Gasteiger partial charge >= 0.3 is 0 Å². The summed E-state index contributed by atoms with van der Waals surface area (Å²) in [6, 6.07) is 0.378. The number of nitrogens with two attached hydrogens (primary N) is 1. The Bertz CT molecular complexity index is 614. The molecule has 0 bridgehead atoms. The number of rotatable bonds is 4. The fraction of sp³-hybridized carbons (Fsp3) is 0.615. The van der Waals surface area contributed by atoms with Crippen molar-refractivity contribution in [2.24, 2.45) is 0 Å². The first kappa shape index (κ1) is 13.5. The van der Waals surface area contributed by atoms with E-state index < -0.39 is 0 Å². The van der Waals surface area contributed by atoms with Gasteiger partial charge in [-0.05, 0) is 25.0 Å². The quantitative estimate of drug-likeness (QED) is 0.931. The van der Waals surface area contributed by atoms with Crippen LogP contribution in [-0.2, 0) is 0 Å². The Balaban J connectivity index is 1.98. The molecule has 0 amide bonds. The second kappa shape index (κ2) is 5.47. The topological polar surface area (TPSA) is 78.9 Å². The van der Waals surface area contributed by atoms with E-state index in [1.807, 2.05) is 11.8 Å². The molecular weight excluding hydrogens is 274 g/mol. The van der Waals surface area contributed by atoms with Gasteiger partial charge in [-0.15, -0.1) is 0 Å². The molecule has 1 aliphatic rings. The molecule has 20 heavy (non-hydrogen) atoms. The predicted octanol–water partition coefficient (Wildman–Crippen LogP) is 2.26. The normalized spacial score (nSPS) is 22.5. The van der Waals surface area contributed by atoms with Crippen molar-refractivity contribution < 1.29 is 4.74 Å². The maximum atomic E-state index is 6.10. The van der Waals surface area contributed by atoms with Crippen molar-refractivity contribution in [1.29, 1.82) is 0 Å². The van der Waals surface area contributed by atoms with Gasteiger partial charge in [-0.3, -0.25) is 4.57 Å². The Hall–Kier alpha value is -1.50. The number of anilines is 1. The van der Waals surface area contributed by atoms with Crippen LogP contribution in [0.1, 0.15) is 32.2 Å². The van der Waals surface area contributed by atoms with Crippen molar-refractivity contribution in [2.45, 2.75) is 37.5 Å². The highest BCUT2D eigenvalue weighted by Gasteiger charge is 2.29. The van der Waals surface area contributed by atoms with Crippen molar-refractivity contribution in [3.63, 3.8) is 0 Å². The summed E-state index contributed by atoms with van der Waals surface area (Å²) in [6.07, 6.45) is 4.98. The van der Waals surface area contributed by atoms with Crippen LogP contribution < -0.4 is 10.5 Å². The van der Waals surface area contributed by atoms with Gasteiger partial charge in [0.25, 0.3) is 0 Å². The van der Waals surface area contributed by atoms with Gasteiger partial charge in [-0.1, -0.05) is 6.92 Å². The number of nitrogen functional groups attached to an aromatic ring is 1. The Kier molecular flexibility index (Phi) is 3.69. The molecule has 2 N–H and O–H groups in total. The fourth-order valence-corrected chi connectivity index (χ4v) is 4.09. The Labute approximate surface area is 122 Å². The fourth-order valence-electron chi connectivity index (χ4n) is 2.95. The number of aromatic nitrogens is 4. The van der Waals surface area contributed by atoms with Gasteiger partial charge in [-0.25, -0.2) is 9.97 Å². The number of methoxy groups -OCH3 is 1. The first-order chi connectivity index (χ1) is 9.74. The van der Waals surface area contributed by atoms with E-state index in [0.29, 0.717) is 28.6 Å². The van der Waals surface area contributed by atoms with E-state index in [0.717, 1.165) is 24.2 Å². The molecular formula is C13H19N5OS.